The molecule has 72 valence electrons. The number of aromatic nitrogens is 2. The van der Waals surface area contributed by atoms with E-state index in [2.05, 4.69) is 15.3 Å². The van der Waals surface area contributed by atoms with Gasteiger partial charge in [0, 0.05) is 19.9 Å². The molecule has 1 atom stereocenters. The molecule has 0 fully saturated rings. The molecule has 0 aliphatic carbocycles. The Kier molecular flexibility index (Phi) is 3.64. The van der Waals surface area contributed by atoms with Gasteiger partial charge in [0.15, 0.2) is 0 Å². The van der Waals surface area contributed by atoms with Crippen molar-refractivity contribution < 1.29 is 4.74 Å². The van der Waals surface area contributed by atoms with E-state index in [4.69, 9.17) is 4.74 Å². The van der Waals surface area contributed by atoms with Crippen molar-refractivity contribution in [1.29, 1.82) is 0 Å². The minimum Gasteiger partial charge on any atom is -0.380 e. The molecule has 0 radical (unpaired) electrons. The zero-order valence-corrected chi connectivity index (χ0v) is 8.24. The van der Waals surface area contributed by atoms with Crippen LogP contribution in [0.15, 0.2) is 12.4 Å². The molecule has 0 spiro atoms. The van der Waals surface area contributed by atoms with Crippen LogP contribution < -0.4 is 5.32 Å². The number of hydrogen-bond acceptors (Lipinski definition) is 4. The fourth-order valence-electron chi connectivity index (χ4n) is 0.880. The summed E-state index contributed by atoms with van der Waals surface area (Å²) in [4.78, 5) is 8.27. The van der Waals surface area contributed by atoms with E-state index in [9.17, 15) is 0 Å². The number of ether oxygens (including phenoxy) is 1. The van der Waals surface area contributed by atoms with E-state index >= 15 is 0 Å². The standard InChI is InChI=1S/C9H15N3O/c1-7-4-10-6-9(12-7)11-5-8(2)13-3/h4,6,8H,5H2,1-3H3,(H,11,12). The Labute approximate surface area is 78.4 Å². The van der Waals surface area contributed by atoms with Crippen molar-refractivity contribution in [2.24, 2.45) is 0 Å². The molecule has 1 aromatic heterocycles. The van der Waals surface area contributed by atoms with Gasteiger partial charge in [-0.05, 0) is 13.8 Å². The third-order valence-corrected chi connectivity index (χ3v) is 1.73. The molecule has 0 amide bonds. The van der Waals surface area contributed by atoms with Crippen molar-refractivity contribution in [3.05, 3.63) is 18.1 Å². The number of methoxy groups -OCH3 is 1. The minimum atomic E-state index is 0.183. The van der Waals surface area contributed by atoms with Gasteiger partial charge in [0.1, 0.15) is 5.82 Å². The lowest BCUT2D eigenvalue weighted by Crippen LogP contribution is -2.18. The van der Waals surface area contributed by atoms with Gasteiger partial charge in [0.2, 0.25) is 0 Å². The largest absolute Gasteiger partial charge is 0.380 e. The van der Waals surface area contributed by atoms with Gasteiger partial charge < -0.3 is 10.1 Å². The predicted octanol–water partition coefficient (Wildman–Crippen LogP) is 1.23. The number of aryl methyl sites for hydroxylation is 1. The Balaban J connectivity index is 2.45. The first-order valence-electron chi connectivity index (χ1n) is 4.27. The summed E-state index contributed by atoms with van der Waals surface area (Å²) in [5.74, 6) is 0.795. The van der Waals surface area contributed by atoms with Gasteiger partial charge in [-0.1, -0.05) is 0 Å². The Morgan fingerprint density at radius 1 is 1.54 bits per heavy atom. The van der Waals surface area contributed by atoms with E-state index in [0.29, 0.717) is 0 Å². The molecule has 0 aromatic carbocycles. The Bertz CT molecular complexity index is 265. The zero-order valence-electron chi connectivity index (χ0n) is 8.24. The molecule has 1 aromatic rings. The lowest BCUT2D eigenvalue weighted by atomic mass is 10.4. The van der Waals surface area contributed by atoms with E-state index in [0.717, 1.165) is 18.1 Å². The summed E-state index contributed by atoms with van der Waals surface area (Å²) in [6.45, 7) is 4.66. The molecule has 0 aliphatic rings. The lowest BCUT2D eigenvalue weighted by molar-refractivity contribution is 0.128. The molecule has 1 heterocycles. The first-order valence-corrected chi connectivity index (χ1v) is 4.27. The molecule has 13 heavy (non-hydrogen) atoms. The maximum Gasteiger partial charge on any atom is 0.144 e. The summed E-state index contributed by atoms with van der Waals surface area (Å²) in [6, 6.07) is 0. The molecule has 1 unspecified atom stereocenters. The van der Waals surface area contributed by atoms with Crippen LogP contribution in [0.2, 0.25) is 0 Å². The van der Waals surface area contributed by atoms with Gasteiger partial charge in [0.05, 0.1) is 18.0 Å². The Morgan fingerprint density at radius 2 is 2.31 bits per heavy atom. The van der Waals surface area contributed by atoms with Crippen molar-refractivity contribution in [3.8, 4) is 0 Å². The van der Waals surface area contributed by atoms with E-state index in [1.165, 1.54) is 0 Å². The normalized spacial score (nSPS) is 12.5. The van der Waals surface area contributed by atoms with Crippen LogP contribution in [0.1, 0.15) is 12.6 Å². The molecule has 4 nitrogen and oxygen atoms in total. The average Bonchev–Trinajstić information content (AvgIpc) is 2.14. The molecule has 1 rings (SSSR count). The van der Waals surface area contributed by atoms with E-state index < -0.39 is 0 Å². The maximum atomic E-state index is 5.09. The predicted molar refractivity (Wildman–Crippen MR) is 51.7 cm³/mol. The van der Waals surface area contributed by atoms with Crippen LogP contribution in [0.3, 0.4) is 0 Å². The second kappa shape index (κ2) is 4.77. The van der Waals surface area contributed by atoms with Gasteiger partial charge >= 0.3 is 0 Å². The third-order valence-electron chi connectivity index (χ3n) is 1.73. The monoisotopic (exact) mass is 181 g/mol. The van der Waals surface area contributed by atoms with E-state index in [1.54, 1.807) is 19.5 Å². The van der Waals surface area contributed by atoms with Crippen molar-refractivity contribution in [3.63, 3.8) is 0 Å². The fourth-order valence-corrected chi connectivity index (χ4v) is 0.880. The first-order chi connectivity index (χ1) is 6.22. The zero-order chi connectivity index (χ0) is 9.68. The summed E-state index contributed by atoms with van der Waals surface area (Å²) in [5, 5.41) is 3.14. The van der Waals surface area contributed by atoms with Gasteiger partial charge in [-0.25, -0.2) is 4.98 Å². The van der Waals surface area contributed by atoms with E-state index in [-0.39, 0.29) is 6.10 Å². The quantitative estimate of drug-likeness (QED) is 0.759. The number of nitrogens with zero attached hydrogens (tertiary/aromatic N) is 2. The van der Waals surface area contributed by atoms with Crippen molar-refractivity contribution in [2.75, 3.05) is 19.0 Å². The SMILES string of the molecule is COC(C)CNc1cncc(C)n1. The van der Waals surface area contributed by atoms with Crippen LogP contribution in [0.25, 0.3) is 0 Å². The number of nitrogens with one attached hydrogen (secondary N) is 1. The highest BCUT2D eigenvalue weighted by atomic mass is 16.5. The molecule has 0 bridgehead atoms. The van der Waals surface area contributed by atoms with Crippen LogP contribution in [-0.4, -0.2) is 29.7 Å². The molecular weight excluding hydrogens is 166 g/mol. The van der Waals surface area contributed by atoms with Crippen LogP contribution in [0.4, 0.5) is 5.82 Å². The number of hydrogen-bond donors (Lipinski definition) is 1. The number of anilines is 1. The Hall–Kier alpha value is -1.16. The number of rotatable bonds is 4. The fraction of sp³-hybridized carbons (Fsp3) is 0.556. The third kappa shape index (κ3) is 3.38. The summed E-state index contributed by atoms with van der Waals surface area (Å²) in [7, 11) is 1.69. The first kappa shape index (κ1) is 9.92. The average molecular weight is 181 g/mol. The highest BCUT2D eigenvalue weighted by Gasteiger charge is 1.99. The summed E-state index contributed by atoms with van der Waals surface area (Å²) in [6.07, 6.45) is 3.61. The highest BCUT2D eigenvalue weighted by molar-refractivity contribution is 5.31. The molecule has 1 N–H and O–H groups in total. The summed E-state index contributed by atoms with van der Waals surface area (Å²) < 4.78 is 5.09. The van der Waals surface area contributed by atoms with Gasteiger partial charge in [-0.2, -0.15) is 0 Å². The van der Waals surface area contributed by atoms with Crippen LogP contribution >= 0.6 is 0 Å². The van der Waals surface area contributed by atoms with Crippen LogP contribution in [-0.2, 0) is 4.74 Å². The topological polar surface area (TPSA) is 47.0 Å². The second-order valence-corrected chi connectivity index (χ2v) is 2.97. The maximum absolute atomic E-state index is 5.09. The summed E-state index contributed by atoms with van der Waals surface area (Å²) in [5.41, 5.74) is 0.912. The molecule has 4 heteroatoms. The molecule has 0 saturated carbocycles. The van der Waals surface area contributed by atoms with Crippen molar-refractivity contribution in [1.82, 2.24) is 9.97 Å². The minimum absolute atomic E-state index is 0.183. The summed E-state index contributed by atoms with van der Waals surface area (Å²) >= 11 is 0. The van der Waals surface area contributed by atoms with Gasteiger partial charge in [-0.3, -0.25) is 4.98 Å². The highest BCUT2D eigenvalue weighted by Crippen LogP contribution is 2.01. The van der Waals surface area contributed by atoms with Gasteiger partial charge in [0.25, 0.3) is 0 Å². The van der Waals surface area contributed by atoms with Crippen molar-refractivity contribution >= 4 is 5.82 Å². The molecule has 0 aliphatic heterocycles. The van der Waals surface area contributed by atoms with Gasteiger partial charge in [-0.15, -0.1) is 0 Å². The smallest absolute Gasteiger partial charge is 0.144 e. The second-order valence-electron chi connectivity index (χ2n) is 2.97. The van der Waals surface area contributed by atoms with Crippen LogP contribution in [0.5, 0.6) is 0 Å². The molecule has 0 saturated heterocycles. The molecular formula is C9H15N3O. The van der Waals surface area contributed by atoms with Crippen molar-refractivity contribution in [2.45, 2.75) is 20.0 Å². The van der Waals surface area contributed by atoms with Crippen LogP contribution in [0, 0.1) is 6.92 Å². The lowest BCUT2D eigenvalue weighted by Gasteiger charge is -2.10. The van der Waals surface area contributed by atoms with E-state index in [1.807, 2.05) is 13.8 Å². The Morgan fingerprint density at radius 3 is 2.92 bits per heavy atom.